The molecule has 0 bridgehead atoms. The zero-order valence-electron chi connectivity index (χ0n) is 8.02. The fourth-order valence-corrected chi connectivity index (χ4v) is 0.839. The lowest BCUT2D eigenvalue weighted by Crippen LogP contribution is -2.09. The summed E-state index contributed by atoms with van der Waals surface area (Å²) in [6, 6.07) is 0. The first-order valence-electron chi connectivity index (χ1n) is 4.22. The van der Waals surface area contributed by atoms with Crippen LogP contribution in [0.15, 0.2) is 0 Å². The first-order valence-corrected chi connectivity index (χ1v) is 4.22. The molecule has 2 atom stereocenters. The van der Waals surface area contributed by atoms with Gasteiger partial charge in [0.05, 0.1) is 12.7 Å². The van der Waals surface area contributed by atoms with Crippen LogP contribution in [0.25, 0.3) is 0 Å². The molecule has 0 N–H and O–H groups in total. The molecule has 1 fully saturated rings. The van der Waals surface area contributed by atoms with E-state index < -0.39 is 0 Å². The van der Waals surface area contributed by atoms with Crippen molar-refractivity contribution in [3.8, 4) is 0 Å². The van der Waals surface area contributed by atoms with Crippen molar-refractivity contribution in [1.82, 2.24) is 0 Å². The van der Waals surface area contributed by atoms with Gasteiger partial charge in [0.2, 0.25) is 0 Å². The summed E-state index contributed by atoms with van der Waals surface area (Å²) in [6.45, 7) is 3.26. The van der Waals surface area contributed by atoms with Crippen LogP contribution in [0.1, 0.15) is 6.92 Å². The molecule has 1 aliphatic heterocycles. The minimum absolute atomic E-state index is 0.189. The zero-order valence-corrected chi connectivity index (χ0v) is 8.02. The normalized spacial score (nSPS) is 26.3. The second-order valence-electron chi connectivity index (χ2n) is 2.80. The fourth-order valence-electron chi connectivity index (χ4n) is 0.839. The number of methoxy groups -OCH3 is 1. The van der Waals surface area contributed by atoms with Crippen molar-refractivity contribution in [3.63, 3.8) is 0 Å². The second kappa shape index (κ2) is 6.28. The first kappa shape index (κ1) is 10.9. The number of hydrogen-bond donors (Lipinski definition) is 0. The third-order valence-corrected chi connectivity index (χ3v) is 1.65. The smallest absolute Gasteiger partial charge is 0.152 e. The maximum Gasteiger partial charge on any atom is 0.152 e. The van der Waals surface area contributed by atoms with Gasteiger partial charge in [0.1, 0.15) is 19.7 Å². The van der Waals surface area contributed by atoms with Gasteiger partial charge in [-0.3, -0.25) is 0 Å². The van der Waals surface area contributed by atoms with Crippen molar-refractivity contribution in [1.29, 1.82) is 0 Å². The molecule has 1 aliphatic rings. The highest BCUT2D eigenvalue weighted by Gasteiger charge is 2.33. The Morgan fingerprint density at radius 2 is 1.69 bits per heavy atom. The van der Waals surface area contributed by atoms with E-state index in [1.165, 1.54) is 0 Å². The minimum Gasteiger partial charge on any atom is -0.367 e. The molecule has 0 aromatic heterocycles. The Bertz CT molecular complexity index is 130. The SMILES string of the molecule is COCOCOCOCC1OC1C. The van der Waals surface area contributed by atoms with Crippen molar-refractivity contribution < 1.29 is 23.7 Å². The Morgan fingerprint density at radius 1 is 1.08 bits per heavy atom. The van der Waals surface area contributed by atoms with Crippen LogP contribution in [-0.2, 0) is 23.7 Å². The zero-order chi connectivity index (χ0) is 9.52. The summed E-state index contributed by atoms with van der Waals surface area (Å²) in [4.78, 5) is 0. The van der Waals surface area contributed by atoms with Gasteiger partial charge in [-0.2, -0.15) is 0 Å². The molecule has 0 amide bonds. The summed E-state index contributed by atoms with van der Waals surface area (Å²) >= 11 is 0. The number of epoxide rings is 1. The van der Waals surface area contributed by atoms with Crippen molar-refractivity contribution in [2.75, 3.05) is 34.1 Å². The molecule has 5 nitrogen and oxygen atoms in total. The van der Waals surface area contributed by atoms with E-state index in [4.69, 9.17) is 18.9 Å². The molecule has 13 heavy (non-hydrogen) atoms. The van der Waals surface area contributed by atoms with Crippen LogP contribution in [0, 0.1) is 0 Å². The quantitative estimate of drug-likeness (QED) is 0.315. The lowest BCUT2D eigenvalue weighted by molar-refractivity contribution is -0.164. The Morgan fingerprint density at radius 3 is 2.31 bits per heavy atom. The Labute approximate surface area is 77.9 Å². The van der Waals surface area contributed by atoms with E-state index >= 15 is 0 Å². The molecule has 0 spiro atoms. The summed E-state index contributed by atoms with van der Waals surface area (Å²) in [6.07, 6.45) is 0.591. The van der Waals surface area contributed by atoms with Gasteiger partial charge in [-0.25, -0.2) is 0 Å². The van der Waals surface area contributed by atoms with Crippen LogP contribution in [0.4, 0.5) is 0 Å². The summed E-state index contributed by atoms with van der Waals surface area (Å²) < 4.78 is 24.8. The average molecular weight is 192 g/mol. The predicted molar refractivity (Wildman–Crippen MR) is 44.1 cm³/mol. The molecule has 0 saturated carbocycles. The largest absolute Gasteiger partial charge is 0.367 e. The first-order chi connectivity index (χ1) is 6.34. The van der Waals surface area contributed by atoms with Crippen LogP contribution in [0.5, 0.6) is 0 Å². The number of rotatable bonds is 8. The van der Waals surface area contributed by atoms with Crippen molar-refractivity contribution in [2.45, 2.75) is 19.1 Å². The predicted octanol–water partition coefficient (Wildman–Crippen LogP) is 0.342. The van der Waals surface area contributed by atoms with Gasteiger partial charge in [-0.15, -0.1) is 0 Å². The van der Waals surface area contributed by atoms with E-state index in [1.54, 1.807) is 7.11 Å². The molecule has 5 heteroatoms. The van der Waals surface area contributed by atoms with Crippen LogP contribution in [-0.4, -0.2) is 46.3 Å². The highest BCUT2D eigenvalue weighted by Crippen LogP contribution is 2.20. The summed E-state index contributed by atoms with van der Waals surface area (Å²) in [5.41, 5.74) is 0. The molecule has 0 aliphatic carbocycles. The molecule has 78 valence electrons. The Hall–Kier alpha value is -0.200. The monoisotopic (exact) mass is 192 g/mol. The van der Waals surface area contributed by atoms with Crippen molar-refractivity contribution in [3.05, 3.63) is 0 Å². The summed E-state index contributed by atoms with van der Waals surface area (Å²) in [5, 5.41) is 0. The maximum absolute atomic E-state index is 5.14. The van der Waals surface area contributed by atoms with Crippen LogP contribution < -0.4 is 0 Å². The van der Waals surface area contributed by atoms with Crippen molar-refractivity contribution >= 4 is 0 Å². The van der Waals surface area contributed by atoms with E-state index in [1.807, 2.05) is 6.92 Å². The molecule has 1 saturated heterocycles. The van der Waals surface area contributed by atoms with Crippen molar-refractivity contribution in [2.24, 2.45) is 0 Å². The molecule has 0 aromatic carbocycles. The van der Waals surface area contributed by atoms with Gasteiger partial charge >= 0.3 is 0 Å². The highest BCUT2D eigenvalue weighted by atomic mass is 16.8. The molecular formula is C8H16O5. The molecule has 0 aromatic rings. The maximum atomic E-state index is 5.14. The summed E-state index contributed by atoms with van der Waals surface area (Å²) in [5.74, 6) is 0. The molecule has 1 rings (SSSR count). The van der Waals surface area contributed by atoms with Crippen LogP contribution >= 0.6 is 0 Å². The number of hydrogen-bond acceptors (Lipinski definition) is 5. The fraction of sp³-hybridized carbons (Fsp3) is 1.00. The molecular weight excluding hydrogens is 176 g/mol. The number of ether oxygens (including phenoxy) is 5. The standard InChI is InChI=1S/C8H16O5/c1-7-8(13-7)3-10-5-12-6-11-4-9-2/h7-8H,3-6H2,1-2H3. The van der Waals surface area contributed by atoms with Gasteiger partial charge in [-0.05, 0) is 6.92 Å². The minimum atomic E-state index is 0.189. The van der Waals surface area contributed by atoms with Crippen LogP contribution in [0.2, 0.25) is 0 Å². The van der Waals surface area contributed by atoms with E-state index in [2.05, 4.69) is 4.74 Å². The third kappa shape index (κ3) is 5.17. The molecule has 1 heterocycles. The highest BCUT2D eigenvalue weighted by molar-refractivity contribution is 4.79. The van der Waals surface area contributed by atoms with E-state index in [0.29, 0.717) is 12.7 Å². The Balaban J connectivity index is 1.69. The van der Waals surface area contributed by atoms with Gasteiger partial charge in [-0.1, -0.05) is 0 Å². The van der Waals surface area contributed by atoms with E-state index in [0.717, 1.165) is 0 Å². The summed E-state index contributed by atoms with van der Waals surface area (Å²) in [7, 11) is 1.56. The molecule has 0 radical (unpaired) electrons. The van der Waals surface area contributed by atoms with E-state index in [9.17, 15) is 0 Å². The van der Waals surface area contributed by atoms with Gasteiger partial charge < -0.3 is 23.7 Å². The van der Waals surface area contributed by atoms with Gasteiger partial charge in [0.15, 0.2) is 6.79 Å². The Kier molecular flexibility index (Phi) is 5.26. The lowest BCUT2D eigenvalue weighted by Gasteiger charge is -2.04. The third-order valence-electron chi connectivity index (χ3n) is 1.65. The average Bonchev–Trinajstić information content (AvgIpc) is 2.81. The van der Waals surface area contributed by atoms with E-state index in [-0.39, 0.29) is 26.5 Å². The van der Waals surface area contributed by atoms with Crippen LogP contribution in [0.3, 0.4) is 0 Å². The lowest BCUT2D eigenvalue weighted by atomic mass is 10.4. The van der Waals surface area contributed by atoms with Gasteiger partial charge in [0.25, 0.3) is 0 Å². The second-order valence-corrected chi connectivity index (χ2v) is 2.80. The topological polar surface area (TPSA) is 49.5 Å². The molecule has 2 unspecified atom stereocenters. The van der Waals surface area contributed by atoms with Gasteiger partial charge in [0, 0.05) is 7.11 Å².